The fourth-order valence-electron chi connectivity index (χ4n) is 2.28. The molecule has 1 saturated carbocycles. The molecule has 1 aliphatic rings. The highest BCUT2D eigenvalue weighted by molar-refractivity contribution is 7.19. The molecule has 1 aromatic heterocycles. The Morgan fingerprint density at radius 2 is 2.16 bits per heavy atom. The number of carbonyl (C=O) groups is 1. The first-order valence-corrected chi connectivity index (χ1v) is 7.46. The molecular weight excluding hydrogens is 282 g/mol. The molecule has 0 spiro atoms. The third kappa shape index (κ3) is 2.76. The van der Waals surface area contributed by atoms with Gasteiger partial charge in [0.05, 0.1) is 11.6 Å². The molecule has 0 atom stereocenters. The minimum absolute atomic E-state index is 0.0925. The Hall–Kier alpha value is -1.10. The van der Waals surface area contributed by atoms with Crippen molar-refractivity contribution in [3.05, 3.63) is 34.2 Å². The van der Waals surface area contributed by atoms with Crippen LogP contribution in [0.4, 0.5) is 0 Å². The molecule has 1 aromatic carbocycles. The topological polar surface area (TPSA) is 40.5 Å². The van der Waals surface area contributed by atoms with Crippen LogP contribution in [0.25, 0.3) is 10.1 Å². The smallest absolute Gasteiger partial charge is 0.317 e. The number of fused-ring (bicyclic) bond motifs is 1. The molecule has 3 rings (SSSR count). The summed E-state index contributed by atoms with van der Waals surface area (Å²) in [5.41, 5.74) is 0. The van der Waals surface area contributed by atoms with Crippen LogP contribution in [-0.4, -0.2) is 28.6 Å². The van der Waals surface area contributed by atoms with Crippen LogP contribution >= 0.6 is 22.9 Å². The Morgan fingerprint density at radius 3 is 2.79 bits per heavy atom. The molecule has 5 heteroatoms. The van der Waals surface area contributed by atoms with E-state index in [1.165, 1.54) is 0 Å². The van der Waals surface area contributed by atoms with E-state index in [9.17, 15) is 4.79 Å². The predicted octanol–water partition coefficient (Wildman–Crippen LogP) is 3.60. The molecule has 1 fully saturated rings. The van der Waals surface area contributed by atoms with Gasteiger partial charge in [-0.05, 0) is 18.9 Å². The van der Waals surface area contributed by atoms with E-state index in [0.29, 0.717) is 12.6 Å². The van der Waals surface area contributed by atoms with E-state index in [4.69, 9.17) is 16.7 Å². The quantitative estimate of drug-likeness (QED) is 0.916. The fraction of sp³-hybridized carbons (Fsp3) is 0.357. The van der Waals surface area contributed by atoms with Gasteiger partial charge in [-0.1, -0.05) is 29.8 Å². The summed E-state index contributed by atoms with van der Waals surface area (Å²) in [7, 11) is 0. The van der Waals surface area contributed by atoms with E-state index in [-0.39, 0.29) is 6.54 Å². The van der Waals surface area contributed by atoms with Gasteiger partial charge >= 0.3 is 5.97 Å². The molecule has 100 valence electrons. The lowest BCUT2D eigenvalue weighted by molar-refractivity contribution is -0.138. The maximum absolute atomic E-state index is 10.9. The predicted molar refractivity (Wildman–Crippen MR) is 77.9 cm³/mol. The van der Waals surface area contributed by atoms with Crippen molar-refractivity contribution in [3.63, 3.8) is 0 Å². The van der Waals surface area contributed by atoms with Gasteiger partial charge in [0.15, 0.2) is 0 Å². The highest BCUT2D eigenvalue weighted by atomic mass is 35.5. The first-order valence-electron chi connectivity index (χ1n) is 6.27. The number of carboxylic acid groups (broad SMARTS) is 1. The van der Waals surface area contributed by atoms with E-state index in [1.54, 1.807) is 11.3 Å². The molecule has 19 heavy (non-hydrogen) atoms. The summed E-state index contributed by atoms with van der Waals surface area (Å²) < 4.78 is 1.16. The monoisotopic (exact) mass is 295 g/mol. The minimum atomic E-state index is -0.774. The number of carboxylic acids is 1. The number of halogens is 1. The van der Waals surface area contributed by atoms with Crippen LogP contribution in [0.1, 0.15) is 17.7 Å². The largest absolute Gasteiger partial charge is 0.480 e. The Labute approximate surface area is 120 Å². The van der Waals surface area contributed by atoms with E-state index in [0.717, 1.165) is 32.8 Å². The molecule has 0 aliphatic heterocycles. The van der Waals surface area contributed by atoms with Crippen LogP contribution in [0.3, 0.4) is 0 Å². The second kappa shape index (κ2) is 5.12. The number of aliphatic carboxylic acids is 1. The van der Waals surface area contributed by atoms with Crippen molar-refractivity contribution in [2.24, 2.45) is 0 Å². The Kier molecular flexibility index (Phi) is 3.48. The molecular formula is C14H14ClNO2S. The van der Waals surface area contributed by atoms with Gasteiger partial charge in [-0.15, -0.1) is 11.3 Å². The van der Waals surface area contributed by atoms with Crippen molar-refractivity contribution in [1.82, 2.24) is 4.90 Å². The molecule has 1 N–H and O–H groups in total. The van der Waals surface area contributed by atoms with Crippen LogP contribution in [0.5, 0.6) is 0 Å². The van der Waals surface area contributed by atoms with Crippen LogP contribution in [0.2, 0.25) is 5.02 Å². The van der Waals surface area contributed by atoms with Crippen molar-refractivity contribution in [1.29, 1.82) is 0 Å². The zero-order valence-electron chi connectivity index (χ0n) is 10.3. The lowest BCUT2D eigenvalue weighted by Gasteiger charge is -2.18. The number of rotatable bonds is 5. The zero-order valence-corrected chi connectivity index (χ0v) is 11.9. The zero-order chi connectivity index (χ0) is 13.4. The average Bonchev–Trinajstić information content (AvgIpc) is 3.16. The first kappa shape index (κ1) is 12.9. The second-order valence-corrected chi connectivity index (χ2v) is 6.38. The summed E-state index contributed by atoms with van der Waals surface area (Å²) in [6.45, 7) is 0.727. The minimum Gasteiger partial charge on any atom is -0.480 e. The number of hydrogen-bond donors (Lipinski definition) is 1. The molecule has 0 unspecified atom stereocenters. The Balaban J connectivity index is 1.86. The Bertz CT molecular complexity index is 621. The molecule has 0 amide bonds. The summed E-state index contributed by atoms with van der Waals surface area (Å²) >= 11 is 8.06. The summed E-state index contributed by atoms with van der Waals surface area (Å²) in [4.78, 5) is 14.0. The average molecular weight is 296 g/mol. The van der Waals surface area contributed by atoms with E-state index < -0.39 is 5.97 Å². The lowest BCUT2D eigenvalue weighted by Crippen LogP contribution is -2.31. The summed E-state index contributed by atoms with van der Waals surface area (Å²) in [5, 5.41) is 10.8. The number of hydrogen-bond acceptors (Lipinski definition) is 3. The number of benzene rings is 1. The fourth-order valence-corrected chi connectivity index (χ4v) is 3.80. The van der Waals surface area contributed by atoms with Gasteiger partial charge in [-0.3, -0.25) is 9.69 Å². The van der Waals surface area contributed by atoms with E-state index in [2.05, 4.69) is 0 Å². The summed E-state index contributed by atoms with van der Waals surface area (Å²) in [6.07, 6.45) is 2.19. The summed E-state index contributed by atoms with van der Waals surface area (Å²) in [6, 6.07) is 8.44. The van der Waals surface area contributed by atoms with Gasteiger partial charge < -0.3 is 5.11 Å². The molecule has 0 radical (unpaired) electrons. The van der Waals surface area contributed by atoms with Crippen molar-refractivity contribution >= 4 is 39.0 Å². The lowest BCUT2D eigenvalue weighted by atomic mass is 10.2. The summed E-state index contributed by atoms with van der Waals surface area (Å²) in [5.74, 6) is -0.774. The molecule has 1 heterocycles. The maximum Gasteiger partial charge on any atom is 0.317 e. The van der Waals surface area contributed by atoms with Gasteiger partial charge in [0.1, 0.15) is 0 Å². The highest BCUT2D eigenvalue weighted by Gasteiger charge is 2.31. The van der Waals surface area contributed by atoms with Crippen molar-refractivity contribution < 1.29 is 9.90 Å². The first-order chi connectivity index (χ1) is 9.15. The second-order valence-electron chi connectivity index (χ2n) is 4.87. The van der Waals surface area contributed by atoms with Crippen LogP contribution in [-0.2, 0) is 11.3 Å². The van der Waals surface area contributed by atoms with Gasteiger partial charge in [0, 0.05) is 27.5 Å². The van der Waals surface area contributed by atoms with Crippen LogP contribution < -0.4 is 0 Å². The van der Waals surface area contributed by atoms with Gasteiger partial charge in [0.2, 0.25) is 0 Å². The van der Waals surface area contributed by atoms with Gasteiger partial charge in [0.25, 0.3) is 0 Å². The van der Waals surface area contributed by atoms with E-state index >= 15 is 0 Å². The Morgan fingerprint density at radius 1 is 1.42 bits per heavy atom. The normalized spacial score (nSPS) is 15.3. The molecule has 0 bridgehead atoms. The van der Waals surface area contributed by atoms with Crippen molar-refractivity contribution in [3.8, 4) is 0 Å². The standard InChI is InChI=1S/C14H14ClNO2S/c15-14-10-3-1-2-4-11(10)19-12(14)7-16(8-13(17)18)9-5-6-9/h1-4,9H,5-8H2,(H,17,18). The maximum atomic E-state index is 10.9. The van der Waals surface area contributed by atoms with E-state index in [1.807, 2.05) is 29.2 Å². The van der Waals surface area contributed by atoms with Gasteiger partial charge in [-0.2, -0.15) is 0 Å². The van der Waals surface area contributed by atoms with Crippen LogP contribution in [0.15, 0.2) is 24.3 Å². The molecule has 0 saturated heterocycles. The van der Waals surface area contributed by atoms with Gasteiger partial charge in [-0.25, -0.2) is 0 Å². The van der Waals surface area contributed by atoms with Crippen LogP contribution in [0, 0.1) is 0 Å². The number of thiophene rings is 1. The highest BCUT2D eigenvalue weighted by Crippen LogP contribution is 2.37. The van der Waals surface area contributed by atoms with Crippen molar-refractivity contribution in [2.45, 2.75) is 25.4 Å². The SMILES string of the molecule is O=C(O)CN(Cc1sc2ccccc2c1Cl)C1CC1. The number of nitrogens with zero attached hydrogens (tertiary/aromatic N) is 1. The third-order valence-corrected chi connectivity index (χ3v) is 5.05. The molecule has 3 nitrogen and oxygen atoms in total. The molecule has 1 aliphatic carbocycles. The third-order valence-electron chi connectivity index (χ3n) is 3.35. The molecule has 2 aromatic rings. The van der Waals surface area contributed by atoms with Crippen molar-refractivity contribution in [2.75, 3.05) is 6.54 Å².